The summed E-state index contributed by atoms with van der Waals surface area (Å²) in [5.41, 5.74) is 0. The fourth-order valence-electron chi connectivity index (χ4n) is 1.15. The molecule has 0 spiro atoms. The number of rotatable bonds is 0. The van der Waals surface area contributed by atoms with Gasteiger partial charge in [0.15, 0.2) is 11.5 Å². The maximum Gasteiger partial charge on any atom is 0.162 e. The number of halogens is 1. The molecule has 1 aromatic carbocycles. The van der Waals surface area contributed by atoms with Crippen molar-refractivity contribution in [1.29, 1.82) is 0 Å². The normalized spacial score (nSPS) is 20.7. The van der Waals surface area contributed by atoms with Crippen molar-refractivity contribution in [3.8, 4) is 11.5 Å². The molecule has 0 radical (unpaired) electrons. The van der Waals surface area contributed by atoms with Gasteiger partial charge in [0.25, 0.3) is 0 Å². The zero-order chi connectivity index (χ0) is 8.55. The van der Waals surface area contributed by atoms with Crippen LogP contribution in [0.3, 0.4) is 0 Å². The number of fused-ring (bicyclic) bond motifs is 1. The lowest BCUT2D eigenvalue weighted by atomic mass is 10.3. The van der Waals surface area contributed by atoms with Gasteiger partial charge < -0.3 is 9.47 Å². The van der Waals surface area contributed by atoms with Gasteiger partial charge in [-0.1, -0.05) is 15.9 Å². The maximum atomic E-state index is 5.56. The molecule has 0 aromatic heterocycles. The van der Waals surface area contributed by atoms with Crippen molar-refractivity contribution < 1.29 is 9.47 Å². The van der Waals surface area contributed by atoms with Crippen molar-refractivity contribution in [3.63, 3.8) is 0 Å². The standard InChI is InChI=1S/C9H9BrO2/c1-6-5-11-8-3-2-7(10)4-9(8)12-6/h2-4,6H,5H2,1H3. The molecule has 0 N–H and O–H groups in total. The smallest absolute Gasteiger partial charge is 0.162 e. The minimum Gasteiger partial charge on any atom is -0.486 e. The SMILES string of the molecule is CC1COc2ccc(Br)cc2O1. The van der Waals surface area contributed by atoms with E-state index >= 15 is 0 Å². The third kappa shape index (κ3) is 1.41. The highest BCUT2D eigenvalue weighted by molar-refractivity contribution is 9.10. The molecule has 1 heterocycles. The van der Waals surface area contributed by atoms with Crippen LogP contribution in [0.15, 0.2) is 22.7 Å². The van der Waals surface area contributed by atoms with E-state index < -0.39 is 0 Å². The molecular weight excluding hydrogens is 220 g/mol. The van der Waals surface area contributed by atoms with Crippen LogP contribution in [0.25, 0.3) is 0 Å². The van der Waals surface area contributed by atoms with Crippen molar-refractivity contribution in [2.24, 2.45) is 0 Å². The van der Waals surface area contributed by atoms with Gasteiger partial charge >= 0.3 is 0 Å². The molecule has 1 atom stereocenters. The fourth-order valence-corrected chi connectivity index (χ4v) is 1.49. The summed E-state index contributed by atoms with van der Waals surface area (Å²) in [4.78, 5) is 0. The Morgan fingerprint density at radius 1 is 1.42 bits per heavy atom. The number of benzene rings is 1. The van der Waals surface area contributed by atoms with Crippen LogP contribution in [-0.4, -0.2) is 12.7 Å². The molecule has 2 rings (SSSR count). The first kappa shape index (κ1) is 7.92. The van der Waals surface area contributed by atoms with Crippen LogP contribution >= 0.6 is 15.9 Å². The van der Waals surface area contributed by atoms with Gasteiger partial charge in [-0.3, -0.25) is 0 Å². The first-order valence-corrected chi connectivity index (χ1v) is 4.64. The number of hydrogen-bond acceptors (Lipinski definition) is 2. The molecule has 0 aliphatic carbocycles. The Kier molecular flexibility index (Phi) is 1.97. The molecule has 0 fully saturated rings. The molecule has 2 nitrogen and oxygen atoms in total. The Labute approximate surface area is 79.6 Å². The third-order valence-electron chi connectivity index (χ3n) is 1.71. The van der Waals surface area contributed by atoms with Crippen LogP contribution in [0.1, 0.15) is 6.92 Å². The molecule has 1 unspecified atom stereocenters. The Balaban J connectivity index is 2.37. The minimum absolute atomic E-state index is 0.145. The number of ether oxygens (including phenoxy) is 2. The van der Waals surface area contributed by atoms with Gasteiger partial charge in [-0.05, 0) is 25.1 Å². The monoisotopic (exact) mass is 228 g/mol. The topological polar surface area (TPSA) is 18.5 Å². The predicted molar refractivity (Wildman–Crippen MR) is 49.7 cm³/mol. The fraction of sp³-hybridized carbons (Fsp3) is 0.333. The first-order valence-electron chi connectivity index (χ1n) is 3.85. The largest absolute Gasteiger partial charge is 0.486 e. The molecule has 0 amide bonds. The quantitative estimate of drug-likeness (QED) is 0.680. The van der Waals surface area contributed by atoms with E-state index in [0.717, 1.165) is 16.0 Å². The Morgan fingerprint density at radius 3 is 3.08 bits per heavy atom. The van der Waals surface area contributed by atoms with Crippen LogP contribution in [0.5, 0.6) is 11.5 Å². The summed E-state index contributed by atoms with van der Waals surface area (Å²) in [6.45, 7) is 2.62. The Hall–Kier alpha value is -0.700. The van der Waals surface area contributed by atoms with Gasteiger partial charge in [0.05, 0.1) is 0 Å². The van der Waals surface area contributed by atoms with Gasteiger partial charge in [-0.25, -0.2) is 0 Å². The lowest BCUT2D eigenvalue weighted by Crippen LogP contribution is -2.25. The van der Waals surface area contributed by atoms with E-state index in [2.05, 4.69) is 15.9 Å². The van der Waals surface area contributed by atoms with Crippen molar-refractivity contribution in [2.45, 2.75) is 13.0 Å². The van der Waals surface area contributed by atoms with Gasteiger partial charge in [-0.15, -0.1) is 0 Å². The first-order chi connectivity index (χ1) is 5.75. The van der Waals surface area contributed by atoms with Crippen molar-refractivity contribution >= 4 is 15.9 Å². The highest BCUT2D eigenvalue weighted by atomic mass is 79.9. The molecule has 64 valence electrons. The van der Waals surface area contributed by atoms with Crippen molar-refractivity contribution in [2.75, 3.05) is 6.61 Å². The van der Waals surface area contributed by atoms with Crippen molar-refractivity contribution in [3.05, 3.63) is 22.7 Å². The second-order valence-corrected chi connectivity index (χ2v) is 3.75. The van der Waals surface area contributed by atoms with Crippen LogP contribution in [0.4, 0.5) is 0 Å². The Morgan fingerprint density at radius 2 is 2.25 bits per heavy atom. The average molecular weight is 229 g/mol. The molecule has 0 saturated heterocycles. The molecule has 0 saturated carbocycles. The summed E-state index contributed by atoms with van der Waals surface area (Å²) >= 11 is 3.37. The van der Waals surface area contributed by atoms with Crippen LogP contribution in [-0.2, 0) is 0 Å². The summed E-state index contributed by atoms with van der Waals surface area (Å²) in [6, 6.07) is 5.77. The van der Waals surface area contributed by atoms with Crippen LogP contribution in [0, 0.1) is 0 Å². The van der Waals surface area contributed by atoms with Crippen molar-refractivity contribution in [1.82, 2.24) is 0 Å². The van der Waals surface area contributed by atoms with Gasteiger partial charge in [0, 0.05) is 4.47 Å². The molecule has 1 aromatic rings. The van der Waals surface area contributed by atoms with E-state index in [4.69, 9.17) is 9.47 Å². The summed E-state index contributed by atoms with van der Waals surface area (Å²) in [6.07, 6.45) is 0.145. The van der Waals surface area contributed by atoms with Crippen LogP contribution in [0.2, 0.25) is 0 Å². The van der Waals surface area contributed by atoms with E-state index in [1.54, 1.807) is 0 Å². The van der Waals surface area contributed by atoms with Crippen LogP contribution < -0.4 is 9.47 Å². The summed E-state index contributed by atoms with van der Waals surface area (Å²) in [5, 5.41) is 0. The second-order valence-electron chi connectivity index (χ2n) is 2.83. The average Bonchev–Trinajstić information content (AvgIpc) is 2.03. The molecule has 3 heteroatoms. The Bertz CT molecular complexity index is 299. The highest BCUT2D eigenvalue weighted by Crippen LogP contribution is 2.33. The maximum absolute atomic E-state index is 5.56. The van der Waals surface area contributed by atoms with E-state index in [9.17, 15) is 0 Å². The summed E-state index contributed by atoms with van der Waals surface area (Å²) in [5.74, 6) is 1.65. The molecule has 12 heavy (non-hydrogen) atoms. The van der Waals surface area contributed by atoms with E-state index in [0.29, 0.717) is 6.61 Å². The molecule has 0 bridgehead atoms. The summed E-state index contributed by atoms with van der Waals surface area (Å²) < 4.78 is 12.0. The highest BCUT2D eigenvalue weighted by Gasteiger charge is 2.16. The zero-order valence-corrected chi connectivity index (χ0v) is 8.30. The summed E-state index contributed by atoms with van der Waals surface area (Å²) in [7, 11) is 0. The van der Waals surface area contributed by atoms with E-state index in [1.807, 2.05) is 25.1 Å². The predicted octanol–water partition coefficient (Wildman–Crippen LogP) is 2.61. The van der Waals surface area contributed by atoms with E-state index in [1.165, 1.54) is 0 Å². The minimum atomic E-state index is 0.145. The lowest BCUT2D eigenvalue weighted by Gasteiger charge is -2.23. The van der Waals surface area contributed by atoms with Gasteiger partial charge in [-0.2, -0.15) is 0 Å². The second kappa shape index (κ2) is 2.98. The third-order valence-corrected chi connectivity index (χ3v) is 2.20. The zero-order valence-electron chi connectivity index (χ0n) is 6.71. The molecule has 1 aliphatic heterocycles. The molecule has 1 aliphatic rings. The van der Waals surface area contributed by atoms with Gasteiger partial charge in [0.1, 0.15) is 12.7 Å². The lowest BCUT2D eigenvalue weighted by molar-refractivity contribution is 0.104. The van der Waals surface area contributed by atoms with Gasteiger partial charge in [0.2, 0.25) is 0 Å². The van der Waals surface area contributed by atoms with E-state index in [-0.39, 0.29) is 6.10 Å². The molecular formula is C9H9BrO2. The number of hydrogen-bond donors (Lipinski definition) is 0.